The minimum absolute atomic E-state index is 0.343. The zero-order valence-corrected chi connectivity index (χ0v) is 17.6. The van der Waals surface area contributed by atoms with Crippen molar-refractivity contribution in [3.63, 3.8) is 0 Å². The molecule has 0 amide bonds. The van der Waals surface area contributed by atoms with Crippen LogP contribution in [0.3, 0.4) is 0 Å². The second kappa shape index (κ2) is 6.65. The lowest BCUT2D eigenvalue weighted by Gasteiger charge is -2.32. The molecule has 0 atom stereocenters. The van der Waals surface area contributed by atoms with Crippen LogP contribution in [0.1, 0.15) is 41.5 Å². The van der Waals surface area contributed by atoms with Crippen LogP contribution in [0.5, 0.6) is 0 Å². The Labute approximate surface area is 167 Å². The van der Waals surface area contributed by atoms with Crippen molar-refractivity contribution in [1.82, 2.24) is 4.57 Å². The van der Waals surface area contributed by atoms with Crippen molar-refractivity contribution in [1.29, 1.82) is 0 Å². The molecule has 0 saturated carbocycles. The highest BCUT2D eigenvalue weighted by Crippen LogP contribution is 2.36. The van der Waals surface area contributed by atoms with E-state index < -0.39 is 0 Å². The third-order valence-electron chi connectivity index (χ3n) is 6.17. The molecule has 1 saturated heterocycles. The highest BCUT2D eigenvalue weighted by atomic mass is 16.7. The number of hydrogen-bond donors (Lipinski definition) is 0. The first-order valence-electron chi connectivity index (χ1n) is 9.97. The first kappa shape index (κ1) is 19.0. The van der Waals surface area contributed by atoms with Crippen LogP contribution >= 0.6 is 0 Å². The molecule has 0 N–H and O–H groups in total. The van der Waals surface area contributed by atoms with Crippen molar-refractivity contribution in [2.75, 3.05) is 0 Å². The van der Waals surface area contributed by atoms with Gasteiger partial charge in [0, 0.05) is 21.6 Å². The van der Waals surface area contributed by atoms with Crippen LogP contribution in [0.2, 0.25) is 0 Å². The average molecular weight is 373 g/mol. The molecule has 28 heavy (non-hydrogen) atoms. The lowest BCUT2D eigenvalue weighted by molar-refractivity contribution is 0.00578. The summed E-state index contributed by atoms with van der Waals surface area (Å²) in [6.07, 6.45) is 4.36. The van der Waals surface area contributed by atoms with E-state index in [1.165, 1.54) is 21.5 Å². The van der Waals surface area contributed by atoms with Gasteiger partial charge in [-0.25, -0.2) is 0 Å². The third-order valence-corrected chi connectivity index (χ3v) is 6.17. The number of benzene rings is 2. The SMILES string of the molecule is CC=c1c(=CC)n(-c2ccccc2)c2ccc(B3OC(C)(C)C(C)(C)O3)cc12. The van der Waals surface area contributed by atoms with Crippen LogP contribution in [0.25, 0.3) is 28.7 Å². The molecule has 0 radical (unpaired) electrons. The normalized spacial score (nSPS) is 19.7. The summed E-state index contributed by atoms with van der Waals surface area (Å²) in [7, 11) is -0.353. The van der Waals surface area contributed by atoms with Gasteiger partial charge >= 0.3 is 7.12 Å². The van der Waals surface area contributed by atoms with Gasteiger partial charge in [-0.1, -0.05) is 42.5 Å². The van der Waals surface area contributed by atoms with Crippen LogP contribution in [0, 0.1) is 0 Å². The molecule has 4 heteroatoms. The zero-order chi connectivity index (χ0) is 20.1. The molecule has 2 heterocycles. The molecule has 2 aromatic carbocycles. The van der Waals surface area contributed by atoms with E-state index >= 15 is 0 Å². The topological polar surface area (TPSA) is 23.4 Å². The fourth-order valence-corrected chi connectivity index (χ4v) is 3.92. The Hall–Kier alpha value is -2.30. The van der Waals surface area contributed by atoms with Gasteiger partial charge in [0.25, 0.3) is 0 Å². The van der Waals surface area contributed by atoms with Crippen LogP contribution in [-0.2, 0) is 9.31 Å². The number of para-hydroxylation sites is 1. The Morgan fingerprint density at radius 1 is 0.857 bits per heavy atom. The number of aromatic nitrogens is 1. The molecule has 0 spiro atoms. The van der Waals surface area contributed by atoms with Gasteiger partial charge in [0.1, 0.15) is 0 Å². The van der Waals surface area contributed by atoms with Gasteiger partial charge in [-0.2, -0.15) is 0 Å². The molecule has 1 fully saturated rings. The van der Waals surface area contributed by atoms with Crippen molar-refractivity contribution >= 4 is 35.6 Å². The molecule has 1 aliphatic heterocycles. The van der Waals surface area contributed by atoms with Crippen molar-refractivity contribution in [2.45, 2.75) is 52.7 Å². The van der Waals surface area contributed by atoms with E-state index in [0.29, 0.717) is 0 Å². The largest absolute Gasteiger partial charge is 0.494 e. The fourth-order valence-electron chi connectivity index (χ4n) is 3.92. The van der Waals surface area contributed by atoms with Crippen molar-refractivity contribution in [2.24, 2.45) is 0 Å². The zero-order valence-electron chi connectivity index (χ0n) is 17.6. The molecular formula is C24H28BNO2. The van der Waals surface area contributed by atoms with E-state index in [4.69, 9.17) is 9.31 Å². The standard InChI is InChI=1S/C24H28BNO2/c1-7-19-20-16-17(25-27-23(3,4)24(5,6)28-25)14-15-22(20)26(21(19)8-2)18-12-10-9-11-13-18/h7-16H,1-6H3. The van der Waals surface area contributed by atoms with Gasteiger partial charge < -0.3 is 13.9 Å². The molecule has 1 aliphatic rings. The monoisotopic (exact) mass is 373 g/mol. The van der Waals surface area contributed by atoms with Gasteiger partial charge in [0.15, 0.2) is 0 Å². The molecule has 1 aromatic heterocycles. The molecule has 4 rings (SSSR count). The van der Waals surface area contributed by atoms with Gasteiger partial charge in [-0.3, -0.25) is 0 Å². The minimum atomic E-state index is -0.353. The molecular weight excluding hydrogens is 345 g/mol. The van der Waals surface area contributed by atoms with Crippen molar-refractivity contribution < 1.29 is 9.31 Å². The number of fused-ring (bicyclic) bond motifs is 1. The fraction of sp³-hybridized carbons (Fsp3) is 0.333. The maximum Gasteiger partial charge on any atom is 0.494 e. The van der Waals surface area contributed by atoms with E-state index in [2.05, 4.69) is 101 Å². The predicted molar refractivity (Wildman–Crippen MR) is 119 cm³/mol. The van der Waals surface area contributed by atoms with Crippen LogP contribution in [-0.4, -0.2) is 22.9 Å². The smallest absolute Gasteiger partial charge is 0.399 e. The molecule has 0 bridgehead atoms. The van der Waals surface area contributed by atoms with E-state index in [1.807, 2.05) is 6.07 Å². The number of nitrogens with zero attached hydrogens (tertiary/aromatic N) is 1. The molecule has 0 aliphatic carbocycles. The lowest BCUT2D eigenvalue weighted by atomic mass is 9.78. The summed E-state index contributed by atoms with van der Waals surface area (Å²) in [5, 5.41) is 3.65. The summed E-state index contributed by atoms with van der Waals surface area (Å²) >= 11 is 0. The lowest BCUT2D eigenvalue weighted by Crippen LogP contribution is -2.41. The summed E-state index contributed by atoms with van der Waals surface area (Å²) in [5.41, 5.74) is 2.72. The Kier molecular flexibility index (Phi) is 4.52. The third kappa shape index (κ3) is 2.83. The minimum Gasteiger partial charge on any atom is -0.399 e. The van der Waals surface area contributed by atoms with Crippen LogP contribution in [0.4, 0.5) is 0 Å². The van der Waals surface area contributed by atoms with Crippen molar-refractivity contribution in [3.05, 3.63) is 59.1 Å². The van der Waals surface area contributed by atoms with Gasteiger partial charge in [-0.15, -0.1) is 0 Å². The van der Waals surface area contributed by atoms with Gasteiger partial charge in [0.05, 0.1) is 16.7 Å². The van der Waals surface area contributed by atoms with E-state index in [0.717, 1.165) is 11.2 Å². The predicted octanol–water partition coefficient (Wildman–Crippen LogP) is 3.53. The summed E-state index contributed by atoms with van der Waals surface area (Å²) in [4.78, 5) is 0. The highest BCUT2D eigenvalue weighted by molar-refractivity contribution is 6.62. The van der Waals surface area contributed by atoms with Crippen molar-refractivity contribution in [3.8, 4) is 5.69 Å². The van der Waals surface area contributed by atoms with Crippen LogP contribution < -0.4 is 16.0 Å². The first-order chi connectivity index (χ1) is 13.3. The Morgan fingerprint density at radius 3 is 2.07 bits per heavy atom. The Balaban J connectivity index is 1.93. The van der Waals surface area contributed by atoms with E-state index in [1.54, 1.807) is 0 Å². The van der Waals surface area contributed by atoms with Gasteiger partial charge in [0.2, 0.25) is 0 Å². The summed E-state index contributed by atoms with van der Waals surface area (Å²) in [5.74, 6) is 0. The van der Waals surface area contributed by atoms with E-state index in [9.17, 15) is 0 Å². The number of rotatable bonds is 2. The number of hydrogen-bond acceptors (Lipinski definition) is 2. The van der Waals surface area contributed by atoms with Crippen LogP contribution in [0.15, 0.2) is 48.5 Å². The highest BCUT2D eigenvalue weighted by Gasteiger charge is 2.51. The summed E-state index contributed by atoms with van der Waals surface area (Å²) in [6.45, 7) is 12.5. The molecule has 3 nitrogen and oxygen atoms in total. The summed E-state index contributed by atoms with van der Waals surface area (Å²) < 4.78 is 14.9. The maximum atomic E-state index is 6.27. The maximum absolute atomic E-state index is 6.27. The Bertz CT molecular complexity index is 1130. The second-order valence-electron chi connectivity index (χ2n) is 8.41. The quantitative estimate of drug-likeness (QED) is 0.642. The Morgan fingerprint density at radius 2 is 1.50 bits per heavy atom. The van der Waals surface area contributed by atoms with E-state index in [-0.39, 0.29) is 18.3 Å². The molecule has 3 aromatic rings. The summed E-state index contributed by atoms with van der Waals surface area (Å²) in [6, 6.07) is 17.0. The molecule has 0 unspecified atom stereocenters. The molecule has 144 valence electrons. The average Bonchev–Trinajstić information content (AvgIpc) is 3.11. The van der Waals surface area contributed by atoms with Gasteiger partial charge in [-0.05, 0) is 65.2 Å². The second-order valence-corrected chi connectivity index (χ2v) is 8.41. The first-order valence-corrected chi connectivity index (χ1v) is 9.97.